The molecule has 0 aliphatic carbocycles. The lowest BCUT2D eigenvalue weighted by atomic mass is 9.96. The summed E-state index contributed by atoms with van der Waals surface area (Å²) in [7, 11) is 0. The zero-order valence-electron chi connectivity index (χ0n) is 15.6. The molecule has 2 atom stereocenters. The molecule has 0 saturated carbocycles. The number of likely N-dealkylation sites (tertiary alicyclic amines) is 1. The second-order valence-corrected chi connectivity index (χ2v) is 6.70. The number of nitrogens with one attached hydrogen (secondary N) is 1. The number of urea groups is 1. The topological polar surface area (TPSA) is 87.5 Å². The fourth-order valence-electron chi connectivity index (χ4n) is 3.54. The van der Waals surface area contributed by atoms with Crippen molar-refractivity contribution in [3.05, 3.63) is 11.9 Å². The van der Waals surface area contributed by atoms with E-state index >= 15 is 0 Å². The summed E-state index contributed by atoms with van der Waals surface area (Å²) < 4.78 is 41.1. The maximum atomic E-state index is 13.1. The molecule has 7 nitrogen and oxygen atoms in total. The monoisotopic (exact) mass is 390 g/mol. The highest BCUT2D eigenvalue weighted by Crippen LogP contribution is 2.38. The maximum absolute atomic E-state index is 13.1. The minimum atomic E-state index is -4.67. The number of alkyl halides is 3. The van der Waals surface area contributed by atoms with Gasteiger partial charge < -0.3 is 15.3 Å². The van der Waals surface area contributed by atoms with Crippen LogP contribution in [0.5, 0.6) is 0 Å². The first-order chi connectivity index (χ1) is 12.6. The van der Waals surface area contributed by atoms with Gasteiger partial charge in [0.2, 0.25) is 0 Å². The summed E-state index contributed by atoms with van der Waals surface area (Å²) in [4.78, 5) is 24.5. The van der Waals surface area contributed by atoms with Gasteiger partial charge in [0.1, 0.15) is 0 Å². The largest absolute Gasteiger partial charge is 0.481 e. The SMILES string of the molecule is CCc1c(NC(=O)N2C[C@@H](C(F)(F)F)[C@H](C(=O)O)C2)cnn1C(CC)CC. The number of carbonyl (C=O) groups is 2. The molecule has 2 rings (SSSR count). The van der Waals surface area contributed by atoms with E-state index in [-0.39, 0.29) is 6.04 Å². The minimum absolute atomic E-state index is 0.170. The Morgan fingerprint density at radius 1 is 1.30 bits per heavy atom. The second kappa shape index (κ2) is 8.18. The summed E-state index contributed by atoms with van der Waals surface area (Å²) in [6, 6.07) is -0.574. The quantitative estimate of drug-likeness (QED) is 0.778. The van der Waals surface area contributed by atoms with Crippen molar-refractivity contribution < 1.29 is 27.9 Å². The van der Waals surface area contributed by atoms with Crippen molar-refractivity contribution in [1.82, 2.24) is 14.7 Å². The van der Waals surface area contributed by atoms with Crippen LogP contribution in [0.1, 0.15) is 45.3 Å². The van der Waals surface area contributed by atoms with Crippen molar-refractivity contribution in [2.75, 3.05) is 18.4 Å². The first kappa shape index (κ1) is 21.0. The first-order valence-corrected chi connectivity index (χ1v) is 9.05. The summed E-state index contributed by atoms with van der Waals surface area (Å²) in [5, 5.41) is 16.0. The number of rotatable bonds is 6. The number of anilines is 1. The molecule has 1 aromatic rings. The van der Waals surface area contributed by atoms with Gasteiger partial charge in [0.05, 0.1) is 35.5 Å². The van der Waals surface area contributed by atoms with Crippen molar-refractivity contribution in [2.45, 2.75) is 52.3 Å². The number of aromatic nitrogens is 2. The molecule has 2 heterocycles. The van der Waals surface area contributed by atoms with E-state index in [0.717, 1.165) is 23.4 Å². The summed E-state index contributed by atoms with van der Waals surface area (Å²) in [6.45, 7) is 4.81. The molecular formula is C17H25F3N4O3. The fourth-order valence-corrected chi connectivity index (χ4v) is 3.54. The molecule has 0 aromatic carbocycles. The van der Waals surface area contributed by atoms with Crippen LogP contribution in [-0.4, -0.2) is 51.1 Å². The van der Waals surface area contributed by atoms with Gasteiger partial charge in [0.25, 0.3) is 0 Å². The van der Waals surface area contributed by atoms with Gasteiger partial charge in [-0.3, -0.25) is 9.48 Å². The third-order valence-corrected chi connectivity index (χ3v) is 5.11. The Bertz CT molecular complexity index is 685. The Labute approximate surface area is 155 Å². The molecule has 0 bridgehead atoms. The van der Waals surface area contributed by atoms with E-state index in [1.165, 1.54) is 6.20 Å². The summed E-state index contributed by atoms with van der Waals surface area (Å²) in [6.07, 6.45) is -0.875. The van der Waals surface area contributed by atoms with Crippen molar-refractivity contribution in [3.63, 3.8) is 0 Å². The zero-order valence-corrected chi connectivity index (χ0v) is 15.6. The van der Waals surface area contributed by atoms with Gasteiger partial charge in [-0.05, 0) is 19.3 Å². The van der Waals surface area contributed by atoms with Gasteiger partial charge in [-0.1, -0.05) is 20.8 Å². The van der Waals surface area contributed by atoms with E-state index in [2.05, 4.69) is 10.4 Å². The van der Waals surface area contributed by atoms with E-state index in [1.54, 1.807) is 0 Å². The van der Waals surface area contributed by atoms with E-state index in [9.17, 15) is 22.8 Å². The number of hydrogen-bond acceptors (Lipinski definition) is 3. The number of aliphatic carboxylic acids is 1. The Hall–Kier alpha value is -2.26. The van der Waals surface area contributed by atoms with Gasteiger partial charge in [-0.25, -0.2) is 4.79 Å². The van der Waals surface area contributed by atoms with Gasteiger partial charge in [-0.15, -0.1) is 0 Å². The van der Waals surface area contributed by atoms with Crippen LogP contribution in [-0.2, 0) is 11.2 Å². The van der Waals surface area contributed by atoms with E-state index in [0.29, 0.717) is 12.1 Å². The zero-order chi connectivity index (χ0) is 20.4. The molecule has 2 amide bonds. The smallest absolute Gasteiger partial charge is 0.394 e. The van der Waals surface area contributed by atoms with Crippen LogP contribution in [0.2, 0.25) is 0 Å². The van der Waals surface area contributed by atoms with Gasteiger partial charge >= 0.3 is 18.2 Å². The van der Waals surface area contributed by atoms with Crippen molar-refractivity contribution in [2.24, 2.45) is 11.8 Å². The van der Waals surface area contributed by atoms with Crippen LogP contribution in [0.15, 0.2) is 6.20 Å². The molecule has 0 unspecified atom stereocenters. The number of carboxylic acid groups (broad SMARTS) is 1. The average molecular weight is 390 g/mol. The Balaban J connectivity index is 2.17. The summed E-state index contributed by atoms with van der Waals surface area (Å²) >= 11 is 0. The molecule has 1 fully saturated rings. The molecule has 0 radical (unpaired) electrons. The Morgan fingerprint density at radius 3 is 2.37 bits per heavy atom. The van der Waals surface area contributed by atoms with Crippen LogP contribution in [0, 0.1) is 11.8 Å². The maximum Gasteiger partial charge on any atom is 0.394 e. The van der Waals surface area contributed by atoms with Crippen molar-refractivity contribution >= 4 is 17.7 Å². The number of nitrogens with zero attached hydrogens (tertiary/aromatic N) is 3. The molecule has 1 saturated heterocycles. The van der Waals surface area contributed by atoms with Crippen LogP contribution >= 0.6 is 0 Å². The molecule has 1 aliphatic rings. The van der Waals surface area contributed by atoms with Crippen LogP contribution in [0.3, 0.4) is 0 Å². The van der Waals surface area contributed by atoms with E-state index in [4.69, 9.17) is 5.11 Å². The molecule has 0 spiro atoms. The molecular weight excluding hydrogens is 365 g/mol. The number of carboxylic acids is 1. The number of carbonyl (C=O) groups excluding carboxylic acids is 1. The number of hydrogen-bond donors (Lipinski definition) is 2. The Morgan fingerprint density at radius 2 is 1.93 bits per heavy atom. The molecule has 152 valence electrons. The third kappa shape index (κ3) is 4.36. The predicted octanol–water partition coefficient (Wildman–Crippen LogP) is 3.53. The van der Waals surface area contributed by atoms with Crippen LogP contribution in [0.25, 0.3) is 0 Å². The average Bonchev–Trinajstić information content (AvgIpc) is 3.20. The normalized spacial score (nSPS) is 20.3. The van der Waals surface area contributed by atoms with Crippen molar-refractivity contribution in [3.8, 4) is 0 Å². The highest BCUT2D eigenvalue weighted by atomic mass is 19.4. The van der Waals surface area contributed by atoms with Gasteiger partial charge in [-0.2, -0.15) is 18.3 Å². The highest BCUT2D eigenvalue weighted by molar-refractivity contribution is 5.90. The number of halogens is 3. The van der Waals surface area contributed by atoms with Crippen LogP contribution < -0.4 is 5.32 Å². The van der Waals surface area contributed by atoms with Gasteiger partial charge in [0.15, 0.2) is 0 Å². The van der Waals surface area contributed by atoms with Crippen molar-refractivity contribution in [1.29, 1.82) is 0 Å². The standard InChI is InChI=1S/C17H25F3N4O3/c1-4-10(5-2)24-14(6-3)13(7-21-24)22-16(27)23-8-11(15(25)26)12(9-23)17(18,19)20/h7,10-12H,4-6,8-9H2,1-3H3,(H,22,27)(H,25,26)/t11-,12-/m1/s1. The van der Waals surface area contributed by atoms with Crippen LogP contribution in [0.4, 0.5) is 23.7 Å². The van der Waals surface area contributed by atoms with Gasteiger partial charge in [0, 0.05) is 13.1 Å². The lowest BCUT2D eigenvalue weighted by molar-refractivity contribution is -0.187. The molecule has 2 N–H and O–H groups in total. The Kier molecular flexibility index (Phi) is 6.38. The third-order valence-electron chi connectivity index (χ3n) is 5.11. The molecule has 1 aromatic heterocycles. The number of amides is 2. The molecule has 1 aliphatic heterocycles. The second-order valence-electron chi connectivity index (χ2n) is 6.70. The first-order valence-electron chi connectivity index (χ1n) is 9.05. The summed E-state index contributed by atoms with van der Waals surface area (Å²) in [5.74, 6) is -5.28. The van der Waals surface area contributed by atoms with E-state index in [1.807, 2.05) is 25.5 Å². The lowest BCUT2D eigenvalue weighted by Crippen LogP contribution is -2.35. The molecule has 10 heteroatoms. The molecule has 27 heavy (non-hydrogen) atoms. The summed E-state index contributed by atoms with van der Waals surface area (Å²) in [5.41, 5.74) is 1.23. The minimum Gasteiger partial charge on any atom is -0.481 e. The lowest BCUT2D eigenvalue weighted by Gasteiger charge is -2.19. The van der Waals surface area contributed by atoms with E-state index < -0.39 is 43.1 Å². The highest BCUT2D eigenvalue weighted by Gasteiger charge is 2.53. The predicted molar refractivity (Wildman–Crippen MR) is 92.5 cm³/mol. The fraction of sp³-hybridized carbons (Fsp3) is 0.706.